The first-order chi connectivity index (χ1) is 9.26. The first-order valence-corrected chi connectivity index (χ1v) is 7.43. The Balaban J connectivity index is 2.15. The number of nitrogens with two attached hydrogens (primary N) is 1. The zero-order valence-electron chi connectivity index (χ0n) is 12.2. The maximum atomic E-state index is 6.01. The van der Waals surface area contributed by atoms with Crippen molar-refractivity contribution in [1.82, 2.24) is 4.90 Å². The molecule has 0 aliphatic carbocycles. The fourth-order valence-electron chi connectivity index (χ4n) is 2.92. The van der Waals surface area contributed by atoms with E-state index in [1.54, 1.807) is 0 Å². The second-order valence-corrected chi connectivity index (χ2v) is 5.31. The minimum absolute atomic E-state index is 0.356. The van der Waals surface area contributed by atoms with Crippen molar-refractivity contribution >= 4 is 0 Å². The summed E-state index contributed by atoms with van der Waals surface area (Å²) in [6, 6.07) is 6.84. The number of benzene rings is 1. The van der Waals surface area contributed by atoms with Crippen LogP contribution in [0.2, 0.25) is 0 Å². The van der Waals surface area contributed by atoms with Gasteiger partial charge in [-0.3, -0.25) is 4.90 Å². The van der Waals surface area contributed by atoms with E-state index in [0.29, 0.717) is 19.2 Å². The Kier molecular flexibility index (Phi) is 5.23. The molecule has 1 aromatic rings. The van der Waals surface area contributed by atoms with Crippen LogP contribution in [0.4, 0.5) is 0 Å². The van der Waals surface area contributed by atoms with Gasteiger partial charge in [0.15, 0.2) is 0 Å². The van der Waals surface area contributed by atoms with Gasteiger partial charge in [-0.15, -0.1) is 0 Å². The lowest BCUT2D eigenvalue weighted by Gasteiger charge is -2.34. The summed E-state index contributed by atoms with van der Waals surface area (Å²) < 4.78 is 5.61. The lowest BCUT2D eigenvalue weighted by atomic mass is 10.00. The molecule has 0 amide bonds. The fraction of sp³-hybridized carbons (Fsp3) is 0.625. The summed E-state index contributed by atoms with van der Waals surface area (Å²) in [5.74, 6) is 0.987. The van der Waals surface area contributed by atoms with E-state index >= 15 is 0 Å². The summed E-state index contributed by atoms with van der Waals surface area (Å²) in [7, 11) is 0. The molecule has 1 atom stereocenters. The molecular weight excluding hydrogens is 236 g/mol. The van der Waals surface area contributed by atoms with E-state index in [-0.39, 0.29) is 0 Å². The molecule has 1 fully saturated rings. The molecular formula is C16H26N2O. The predicted molar refractivity (Wildman–Crippen MR) is 79.6 cm³/mol. The van der Waals surface area contributed by atoms with Crippen LogP contribution in [0.5, 0.6) is 5.75 Å². The Morgan fingerprint density at radius 2 is 2.00 bits per heavy atom. The summed E-state index contributed by atoms with van der Waals surface area (Å²) in [4.78, 5) is 2.53. The molecule has 2 N–H and O–H groups in total. The molecule has 1 unspecified atom stereocenters. The highest BCUT2D eigenvalue weighted by Crippen LogP contribution is 2.27. The molecule has 1 aromatic carbocycles. The summed E-state index contributed by atoms with van der Waals surface area (Å²) >= 11 is 0. The van der Waals surface area contributed by atoms with E-state index in [9.17, 15) is 0 Å². The summed E-state index contributed by atoms with van der Waals surface area (Å²) in [5.41, 5.74) is 8.54. The average Bonchev–Trinajstić information content (AvgIpc) is 2.44. The monoisotopic (exact) mass is 262 g/mol. The molecule has 1 aliphatic heterocycles. The quantitative estimate of drug-likeness (QED) is 0.886. The van der Waals surface area contributed by atoms with Crippen LogP contribution in [-0.4, -0.2) is 31.1 Å². The van der Waals surface area contributed by atoms with Crippen LogP contribution in [-0.2, 0) is 0 Å². The molecule has 19 heavy (non-hydrogen) atoms. The van der Waals surface area contributed by atoms with Crippen molar-refractivity contribution < 1.29 is 4.74 Å². The summed E-state index contributed by atoms with van der Waals surface area (Å²) in [6.07, 6.45) is 3.95. The Morgan fingerprint density at radius 3 is 2.58 bits per heavy atom. The molecule has 1 saturated heterocycles. The van der Waals surface area contributed by atoms with Gasteiger partial charge in [0.1, 0.15) is 5.75 Å². The molecule has 3 heteroatoms. The highest BCUT2D eigenvalue weighted by atomic mass is 16.5. The molecule has 0 radical (unpaired) electrons. The number of aryl methyl sites for hydroxylation is 1. The number of hydrogen-bond donors (Lipinski definition) is 1. The first-order valence-electron chi connectivity index (χ1n) is 7.43. The highest BCUT2D eigenvalue weighted by molar-refractivity contribution is 5.37. The molecule has 2 rings (SSSR count). The average molecular weight is 262 g/mol. The number of hydrogen-bond acceptors (Lipinski definition) is 3. The summed E-state index contributed by atoms with van der Waals surface area (Å²) in [6.45, 7) is 7.88. The Bertz CT molecular complexity index is 400. The largest absolute Gasteiger partial charge is 0.494 e. The van der Waals surface area contributed by atoms with Gasteiger partial charge in [-0.1, -0.05) is 18.6 Å². The number of nitrogens with zero attached hydrogens (tertiary/aromatic N) is 1. The van der Waals surface area contributed by atoms with E-state index in [4.69, 9.17) is 10.5 Å². The minimum atomic E-state index is 0.356. The van der Waals surface area contributed by atoms with Crippen molar-refractivity contribution in [3.63, 3.8) is 0 Å². The second kappa shape index (κ2) is 6.92. The van der Waals surface area contributed by atoms with E-state index in [2.05, 4.69) is 30.0 Å². The Labute approximate surface area is 116 Å². The van der Waals surface area contributed by atoms with Crippen LogP contribution < -0.4 is 10.5 Å². The molecule has 1 aliphatic rings. The van der Waals surface area contributed by atoms with Crippen LogP contribution in [0.15, 0.2) is 18.2 Å². The minimum Gasteiger partial charge on any atom is -0.494 e. The normalized spacial score (nSPS) is 18.3. The number of rotatable bonds is 5. The van der Waals surface area contributed by atoms with Crippen molar-refractivity contribution in [3.8, 4) is 5.75 Å². The van der Waals surface area contributed by atoms with Crippen LogP contribution in [0.3, 0.4) is 0 Å². The third-order valence-corrected chi connectivity index (χ3v) is 3.94. The number of piperidine rings is 1. The van der Waals surface area contributed by atoms with Gasteiger partial charge in [0.2, 0.25) is 0 Å². The van der Waals surface area contributed by atoms with Gasteiger partial charge in [-0.2, -0.15) is 0 Å². The van der Waals surface area contributed by atoms with Crippen molar-refractivity contribution in [3.05, 3.63) is 29.3 Å². The van der Waals surface area contributed by atoms with Crippen molar-refractivity contribution in [1.29, 1.82) is 0 Å². The molecule has 0 spiro atoms. The zero-order chi connectivity index (χ0) is 13.7. The lowest BCUT2D eigenvalue weighted by Crippen LogP contribution is -2.37. The summed E-state index contributed by atoms with van der Waals surface area (Å²) in [5, 5.41) is 0. The van der Waals surface area contributed by atoms with Gasteiger partial charge in [-0.05, 0) is 57.0 Å². The second-order valence-electron chi connectivity index (χ2n) is 5.31. The van der Waals surface area contributed by atoms with Gasteiger partial charge < -0.3 is 10.5 Å². The molecule has 0 saturated carbocycles. The van der Waals surface area contributed by atoms with Crippen LogP contribution in [0.1, 0.15) is 43.4 Å². The fourth-order valence-corrected chi connectivity index (χ4v) is 2.92. The topological polar surface area (TPSA) is 38.5 Å². The molecule has 106 valence electrons. The van der Waals surface area contributed by atoms with Gasteiger partial charge >= 0.3 is 0 Å². The van der Waals surface area contributed by atoms with Crippen molar-refractivity contribution in [2.45, 2.75) is 39.2 Å². The Morgan fingerprint density at radius 1 is 1.26 bits per heavy atom. The zero-order valence-corrected chi connectivity index (χ0v) is 12.2. The SMILES string of the molecule is CCOc1ccc(C(CN)N2CCCCC2)cc1C. The van der Waals surface area contributed by atoms with E-state index in [1.807, 2.05) is 6.92 Å². The third kappa shape index (κ3) is 3.48. The lowest BCUT2D eigenvalue weighted by molar-refractivity contribution is 0.167. The third-order valence-electron chi connectivity index (χ3n) is 3.94. The van der Waals surface area contributed by atoms with Gasteiger partial charge in [0.05, 0.1) is 6.61 Å². The maximum absolute atomic E-state index is 6.01. The van der Waals surface area contributed by atoms with Crippen LogP contribution in [0, 0.1) is 6.92 Å². The standard InChI is InChI=1S/C16H26N2O/c1-3-19-16-8-7-14(11-13(16)2)15(12-17)18-9-5-4-6-10-18/h7-8,11,15H,3-6,9-10,12,17H2,1-2H3. The predicted octanol–water partition coefficient (Wildman–Crippen LogP) is 2.88. The smallest absolute Gasteiger partial charge is 0.122 e. The molecule has 3 nitrogen and oxygen atoms in total. The van der Waals surface area contributed by atoms with Crippen LogP contribution >= 0.6 is 0 Å². The van der Waals surface area contributed by atoms with Gasteiger partial charge in [0.25, 0.3) is 0 Å². The molecule has 1 heterocycles. The number of ether oxygens (including phenoxy) is 1. The van der Waals surface area contributed by atoms with E-state index < -0.39 is 0 Å². The number of likely N-dealkylation sites (tertiary alicyclic amines) is 1. The molecule has 0 bridgehead atoms. The van der Waals surface area contributed by atoms with Crippen molar-refractivity contribution in [2.75, 3.05) is 26.2 Å². The van der Waals surface area contributed by atoms with E-state index in [1.165, 1.54) is 43.5 Å². The molecule has 0 aromatic heterocycles. The maximum Gasteiger partial charge on any atom is 0.122 e. The Hall–Kier alpha value is -1.06. The first kappa shape index (κ1) is 14.4. The van der Waals surface area contributed by atoms with E-state index in [0.717, 1.165) is 5.75 Å². The highest BCUT2D eigenvalue weighted by Gasteiger charge is 2.21. The van der Waals surface area contributed by atoms with Crippen LogP contribution in [0.25, 0.3) is 0 Å². The van der Waals surface area contributed by atoms with Gasteiger partial charge in [0, 0.05) is 12.6 Å². The van der Waals surface area contributed by atoms with Gasteiger partial charge in [-0.25, -0.2) is 0 Å². The van der Waals surface area contributed by atoms with Crippen molar-refractivity contribution in [2.24, 2.45) is 5.73 Å².